The topological polar surface area (TPSA) is 11.4 Å². The molecule has 3 nitrogen and oxygen atoms in total. The van der Waals surface area contributed by atoms with Crippen LogP contribution in [0.15, 0.2) is 218 Å². The van der Waals surface area contributed by atoms with Crippen molar-refractivity contribution >= 4 is 122 Å². The second-order valence-electron chi connectivity index (χ2n) is 28.4. The van der Waals surface area contributed by atoms with Gasteiger partial charge in [-0.05, 0) is 212 Å². The molecule has 0 bridgehead atoms. The van der Waals surface area contributed by atoms with Crippen LogP contribution in [0.5, 0.6) is 0 Å². The summed E-state index contributed by atoms with van der Waals surface area (Å²) in [5.41, 5.74) is 21.8. The Morgan fingerprint density at radius 2 is 0.667 bits per heavy atom. The summed E-state index contributed by atoms with van der Waals surface area (Å²) in [6, 6.07) is 84.6. The van der Waals surface area contributed by atoms with Gasteiger partial charge in [-0.15, -0.1) is 0 Å². The third-order valence-electron chi connectivity index (χ3n) is 18.5. The van der Waals surface area contributed by atoms with Gasteiger partial charge in [0, 0.05) is 50.6 Å². The minimum absolute atomic E-state index is 0.114. The van der Waals surface area contributed by atoms with E-state index in [0.29, 0.717) is 0 Å². The van der Waals surface area contributed by atoms with Crippen LogP contribution in [0.3, 0.4) is 0 Å². The molecule has 2 aliphatic rings. The summed E-state index contributed by atoms with van der Waals surface area (Å²) in [6.45, 7) is 28.3. The minimum Gasteiger partial charge on any atom is -0.311 e. The lowest BCUT2D eigenvalue weighted by Gasteiger charge is -2.45. The predicted octanol–water partition coefficient (Wildman–Crippen LogP) is 20.3. The summed E-state index contributed by atoms with van der Waals surface area (Å²) in [6.07, 6.45) is 0. The Morgan fingerprint density at radius 3 is 1.11 bits per heavy atom. The largest absolute Gasteiger partial charge is 0.311 e. The second kappa shape index (κ2) is 18.3. The van der Waals surface area contributed by atoms with E-state index < -0.39 is 0 Å². The van der Waals surface area contributed by atoms with Gasteiger partial charge < -0.3 is 14.4 Å². The minimum atomic E-state index is -0.114. The number of hydrogen-bond acceptors (Lipinski definition) is 2. The Balaban J connectivity index is 1.12. The number of hydrogen-bond donors (Lipinski definition) is 0. The third-order valence-corrected chi connectivity index (χ3v) is 18.5. The lowest BCUT2D eigenvalue weighted by Crippen LogP contribution is -2.61. The number of rotatable bonds is 4. The lowest BCUT2D eigenvalue weighted by atomic mass is 9.33. The van der Waals surface area contributed by atoms with Crippen LogP contribution in [0.4, 0.5) is 34.1 Å². The monoisotopic (exact) mass is 1090 g/mol. The first-order chi connectivity index (χ1) is 40.1. The predicted molar refractivity (Wildman–Crippen MR) is 365 cm³/mol. The fourth-order valence-corrected chi connectivity index (χ4v) is 13.8. The molecule has 12 aromatic carbocycles. The van der Waals surface area contributed by atoms with Crippen LogP contribution in [0, 0.1) is 0 Å². The van der Waals surface area contributed by atoms with Gasteiger partial charge in [0.05, 0.1) is 11.0 Å². The molecule has 0 saturated heterocycles. The summed E-state index contributed by atoms with van der Waals surface area (Å²) in [5.74, 6) is 0. The van der Waals surface area contributed by atoms with Gasteiger partial charge in [-0.1, -0.05) is 204 Å². The molecule has 15 rings (SSSR count). The van der Waals surface area contributed by atoms with Crippen molar-refractivity contribution in [3.05, 3.63) is 241 Å². The number of para-hydroxylation sites is 2. The number of fused-ring (bicyclic) bond motifs is 11. The molecule has 0 saturated carbocycles. The van der Waals surface area contributed by atoms with Crippen LogP contribution in [0.2, 0.25) is 0 Å². The number of benzene rings is 12. The summed E-state index contributed by atoms with van der Waals surface area (Å²) in [5, 5.41) is 12.4. The fraction of sp³-hybridized carbons (Fsp3) is 0.200. The second-order valence-corrected chi connectivity index (χ2v) is 28.4. The van der Waals surface area contributed by atoms with Crippen molar-refractivity contribution < 1.29 is 0 Å². The molecule has 0 atom stereocenters. The van der Waals surface area contributed by atoms with Gasteiger partial charge in [-0.3, -0.25) is 0 Å². The first-order valence-corrected chi connectivity index (χ1v) is 30.2. The van der Waals surface area contributed by atoms with E-state index in [-0.39, 0.29) is 28.4 Å². The average Bonchev–Trinajstić information content (AvgIpc) is 0.857. The number of aromatic nitrogens is 1. The zero-order chi connectivity index (χ0) is 57.9. The highest BCUT2D eigenvalue weighted by atomic mass is 15.2. The van der Waals surface area contributed by atoms with Crippen LogP contribution in [0.25, 0.3) is 81.7 Å². The summed E-state index contributed by atoms with van der Waals surface area (Å²) < 4.78 is 2.46. The van der Waals surface area contributed by atoms with Gasteiger partial charge in [0.25, 0.3) is 6.71 Å². The molecular weight excluding hydrogens is 1010 g/mol. The van der Waals surface area contributed by atoms with Crippen molar-refractivity contribution in [2.45, 2.75) is 105 Å². The normalized spacial score (nSPS) is 13.6. The molecule has 410 valence electrons. The maximum Gasteiger partial charge on any atom is 0.252 e. The fourth-order valence-electron chi connectivity index (χ4n) is 13.8. The number of nitrogens with zero attached hydrogens (tertiary/aromatic N) is 3. The molecule has 2 aliphatic heterocycles. The van der Waals surface area contributed by atoms with Crippen molar-refractivity contribution in [1.82, 2.24) is 4.57 Å². The van der Waals surface area contributed by atoms with Gasteiger partial charge >= 0.3 is 0 Å². The molecule has 0 N–H and O–H groups in total. The standard InChI is InChI=1S/C80H72BN3/c1-77(2,3)59-43-60(78(4,5)6)46-64(45-59)83-72-39-56-34-51-24-18-16-22-49(51)32-54(56)36-68(72)81-69-37-55-33-50-23-17-19-25-52(50)35-57(55)40-73(69)84(65-47-61(79(7,8)9)44-62(48-65)80(10,11)12)75-42-58(41-74(83)76(75)81)53-30-31-67-66-28-20-21-29-70(66)82(71(67)38-53)63-26-14-13-15-27-63/h13-48H,1-12H3. The highest BCUT2D eigenvalue weighted by Gasteiger charge is 2.45. The van der Waals surface area contributed by atoms with Crippen molar-refractivity contribution in [1.29, 1.82) is 0 Å². The first kappa shape index (κ1) is 52.0. The Bertz CT molecular complexity index is 4600. The lowest BCUT2D eigenvalue weighted by molar-refractivity contribution is 0.568. The van der Waals surface area contributed by atoms with E-state index in [9.17, 15) is 0 Å². The SMILES string of the molecule is CC(C)(C)c1cc(N2c3cc4cc5ccccc5cc4cc3B3c4cc5cc6ccccc6cc5cc4N(c4cc(C(C)(C)C)cc(C(C)(C)C)c4)c4cc(-c5ccc6c7ccccc7n(-c7ccccc7)c6c5)cc2c43)cc(C(C)(C)C)c1. The summed E-state index contributed by atoms with van der Waals surface area (Å²) in [7, 11) is 0. The summed E-state index contributed by atoms with van der Waals surface area (Å²) in [4.78, 5) is 5.35. The summed E-state index contributed by atoms with van der Waals surface area (Å²) >= 11 is 0. The molecule has 0 fully saturated rings. The maximum absolute atomic E-state index is 2.68. The molecule has 1 aromatic heterocycles. The highest BCUT2D eigenvalue weighted by molar-refractivity contribution is 7.00. The Labute approximate surface area is 495 Å². The Hall–Kier alpha value is -8.86. The van der Waals surface area contributed by atoms with Crippen molar-refractivity contribution in [2.24, 2.45) is 0 Å². The van der Waals surface area contributed by atoms with Crippen LogP contribution >= 0.6 is 0 Å². The molecule has 3 heterocycles. The highest BCUT2D eigenvalue weighted by Crippen LogP contribution is 2.50. The van der Waals surface area contributed by atoms with E-state index in [1.54, 1.807) is 0 Å². The van der Waals surface area contributed by atoms with Gasteiger partial charge in [0.1, 0.15) is 0 Å². The van der Waals surface area contributed by atoms with Crippen LogP contribution < -0.4 is 26.2 Å². The molecule has 13 aromatic rings. The van der Waals surface area contributed by atoms with E-state index >= 15 is 0 Å². The van der Waals surface area contributed by atoms with E-state index in [2.05, 4.69) is 316 Å². The molecule has 0 amide bonds. The number of anilines is 6. The average molecular weight is 1090 g/mol. The first-order valence-electron chi connectivity index (χ1n) is 30.2. The molecule has 0 spiro atoms. The molecule has 0 unspecified atom stereocenters. The van der Waals surface area contributed by atoms with Gasteiger partial charge in [0.15, 0.2) is 0 Å². The quantitative estimate of drug-likeness (QED) is 0.129. The van der Waals surface area contributed by atoms with E-state index in [1.165, 1.54) is 149 Å². The smallest absolute Gasteiger partial charge is 0.252 e. The molecule has 0 radical (unpaired) electrons. The molecular formula is C80H72BN3. The maximum atomic E-state index is 2.68. The van der Waals surface area contributed by atoms with Crippen LogP contribution in [0.1, 0.15) is 105 Å². The van der Waals surface area contributed by atoms with Crippen molar-refractivity contribution in [3.8, 4) is 16.8 Å². The zero-order valence-corrected chi connectivity index (χ0v) is 50.7. The van der Waals surface area contributed by atoms with E-state index in [0.717, 1.165) is 5.69 Å². The van der Waals surface area contributed by atoms with Crippen LogP contribution in [-0.4, -0.2) is 11.3 Å². The van der Waals surface area contributed by atoms with Gasteiger partial charge in [0.2, 0.25) is 0 Å². The molecule has 4 heteroatoms. The zero-order valence-electron chi connectivity index (χ0n) is 50.7. The molecule has 0 aliphatic carbocycles. The van der Waals surface area contributed by atoms with E-state index in [4.69, 9.17) is 0 Å². The van der Waals surface area contributed by atoms with Gasteiger partial charge in [-0.25, -0.2) is 0 Å². The Morgan fingerprint density at radius 1 is 0.274 bits per heavy atom. The van der Waals surface area contributed by atoms with Crippen molar-refractivity contribution in [2.75, 3.05) is 9.80 Å². The van der Waals surface area contributed by atoms with E-state index in [1.807, 2.05) is 0 Å². The van der Waals surface area contributed by atoms with Crippen LogP contribution in [-0.2, 0) is 21.7 Å². The van der Waals surface area contributed by atoms with Crippen molar-refractivity contribution in [3.63, 3.8) is 0 Å². The van der Waals surface area contributed by atoms with Gasteiger partial charge in [-0.2, -0.15) is 0 Å². The Kier molecular flexibility index (Phi) is 11.3. The molecule has 84 heavy (non-hydrogen) atoms. The third kappa shape index (κ3) is 8.38.